The molecular weight excluding hydrogens is 354 g/mol. The Hall–Kier alpha value is -2.86. The fourth-order valence-electron chi connectivity index (χ4n) is 3.05. The van der Waals surface area contributed by atoms with Gasteiger partial charge in [0.25, 0.3) is 0 Å². The molecule has 0 spiro atoms. The zero-order valence-corrected chi connectivity index (χ0v) is 16.6. The molecule has 148 valence electrons. The number of benzene rings is 2. The second kappa shape index (κ2) is 8.44. The molecule has 0 aliphatic carbocycles. The maximum absolute atomic E-state index is 13.0. The van der Waals surface area contributed by atoms with E-state index in [0.29, 0.717) is 24.6 Å². The Labute approximate surface area is 165 Å². The minimum Gasteiger partial charge on any atom is -0.378 e. The molecule has 2 aromatic carbocycles. The van der Waals surface area contributed by atoms with Crippen LogP contribution in [0.15, 0.2) is 48.5 Å². The van der Waals surface area contributed by atoms with Gasteiger partial charge in [0, 0.05) is 18.8 Å². The molecule has 2 amide bonds. The highest BCUT2D eigenvalue weighted by Crippen LogP contribution is 2.29. The van der Waals surface area contributed by atoms with Gasteiger partial charge in [-0.2, -0.15) is 0 Å². The average Bonchev–Trinajstić information content (AvgIpc) is 2.69. The summed E-state index contributed by atoms with van der Waals surface area (Å²) in [5, 5.41) is 5.78. The number of carbonyl (C=O) groups excluding carboxylic acids is 2. The summed E-state index contributed by atoms with van der Waals surface area (Å²) >= 11 is 0. The zero-order valence-electron chi connectivity index (χ0n) is 16.6. The quantitative estimate of drug-likeness (QED) is 0.779. The summed E-state index contributed by atoms with van der Waals surface area (Å²) in [4.78, 5) is 27.9. The minimum atomic E-state index is -1.23. The SMILES string of the molecule is Cc1cccc(NC(=O)C(C)(C)C(=O)Nc2ccccc2N2CCOCC2)c1. The summed E-state index contributed by atoms with van der Waals surface area (Å²) < 4.78 is 5.41. The molecule has 0 unspecified atom stereocenters. The maximum Gasteiger partial charge on any atom is 0.239 e. The number of ether oxygens (including phenoxy) is 1. The summed E-state index contributed by atoms with van der Waals surface area (Å²) in [6.45, 7) is 8.07. The van der Waals surface area contributed by atoms with Crippen LogP contribution in [0.25, 0.3) is 0 Å². The second-order valence-electron chi connectivity index (χ2n) is 7.52. The van der Waals surface area contributed by atoms with Crippen molar-refractivity contribution < 1.29 is 14.3 Å². The number of para-hydroxylation sites is 2. The zero-order chi connectivity index (χ0) is 20.1. The lowest BCUT2D eigenvalue weighted by molar-refractivity contribution is -0.135. The van der Waals surface area contributed by atoms with Crippen molar-refractivity contribution in [3.63, 3.8) is 0 Å². The van der Waals surface area contributed by atoms with Crippen LogP contribution in [0.1, 0.15) is 19.4 Å². The molecule has 1 aliphatic heterocycles. The van der Waals surface area contributed by atoms with Crippen molar-refractivity contribution in [1.29, 1.82) is 0 Å². The molecule has 1 fully saturated rings. The molecule has 0 radical (unpaired) electrons. The summed E-state index contributed by atoms with van der Waals surface area (Å²) in [6.07, 6.45) is 0. The van der Waals surface area contributed by atoms with Crippen LogP contribution in [-0.2, 0) is 14.3 Å². The number of hydrogen-bond donors (Lipinski definition) is 2. The number of hydrogen-bond acceptors (Lipinski definition) is 4. The van der Waals surface area contributed by atoms with E-state index < -0.39 is 5.41 Å². The maximum atomic E-state index is 13.0. The van der Waals surface area contributed by atoms with Crippen LogP contribution in [-0.4, -0.2) is 38.1 Å². The molecule has 6 nitrogen and oxygen atoms in total. The molecule has 2 aromatic rings. The lowest BCUT2D eigenvalue weighted by Crippen LogP contribution is -2.42. The fraction of sp³-hybridized carbons (Fsp3) is 0.364. The third-order valence-corrected chi connectivity index (χ3v) is 4.92. The van der Waals surface area contributed by atoms with Gasteiger partial charge in [-0.3, -0.25) is 9.59 Å². The van der Waals surface area contributed by atoms with E-state index in [4.69, 9.17) is 4.74 Å². The monoisotopic (exact) mass is 381 g/mol. The molecular formula is C22H27N3O3. The van der Waals surface area contributed by atoms with Crippen LogP contribution < -0.4 is 15.5 Å². The lowest BCUT2D eigenvalue weighted by Gasteiger charge is -2.31. The molecule has 1 saturated heterocycles. The van der Waals surface area contributed by atoms with Gasteiger partial charge in [0.1, 0.15) is 5.41 Å². The van der Waals surface area contributed by atoms with Crippen LogP contribution in [0, 0.1) is 12.3 Å². The van der Waals surface area contributed by atoms with Gasteiger partial charge in [0.2, 0.25) is 11.8 Å². The lowest BCUT2D eigenvalue weighted by atomic mass is 9.90. The van der Waals surface area contributed by atoms with E-state index >= 15 is 0 Å². The van der Waals surface area contributed by atoms with Crippen LogP contribution in [0.4, 0.5) is 17.1 Å². The first-order valence-corrected chi connectivity index (χ1v) is 9.49. The van der Waals surface area contributed by atoms with Crippen molar-refractivity contribution >= 4 is 28.9 Å². The molecule has 6 heteroatoms. The second-order valence-corrected chi connectivity index (χ2v) is 7.52. The van der Waals surface area contributed by atoms with E-state index in [1.165, 1.54) is 0 Å². The number of morpholine rings is 1. The van der Waals surface area contributed by atoms with Gasteiger partial charge in [-0.15, -0.1) is 0 Å². The van der Waals surface area contributed by atoms with Crippen molar-refractivity contribution in [2.24, 2.45) is 5.41 Å². The summed E-state index contributed by atoms with van der Waals surface area (Å²) in [7, 11) is 0. The molecule has 28 heavy (non-hydrogen) atoms. The predicted molar refractivity (Wildman–Crippen MR) is 112 cm³/mol. The Kier molecular flexibility index (Phi) is 5.99. The minimum absolute atomic E-state index is 0.348. The Morgan fingerprint density at radius 2 is 1.64 bits per heavy atom. The van der Waals surface area contributed by atoms with Crippen molar-refractivity contribution in [3.05, 3.63) is 54.1 Å². The molecule has 0 aromatic heterocycles. The third-order valence-electron chi connectivity index (χ3n) is 4.92. The first-order chi connectivity index (χ1) is 13.4. The van der Waals surface area contributed by atoms with Gasteiger partial charge in [0.05, 0.1) is 24.6 Å². The van der Waals surface area contributed by atoms with E-state index in [1.807, 2.05) is 55.5 Å². The smallest absolute Gasteiger partial charge is 0.239 e. The van der Waals surface area contributed by atoms with E-state index in [1.54, 1.807) is 13.8 Å². The molecule has 2 N–H and O–H groups in total. The van der Waals surface area contributed by atoms with Crippen LogP contribution in [0.5, 0.6) is 0 Å². The highest BCUT2D eigenvalue weighted by molar-refractivity contribution is 6.14. The van der Waals surface area contributed by atoms with Crippen LogP contribution in [0.3, 0.4) is 0 Å². The van der Waals surface area contributed by atoms with Crippen molar-refractivity contribution in [3.8, 4) is 0 Å². The number of nitrogens with one attached hydrogen (secondary N) is 2. The van der Waals surface area contributed by atoms with Gasteiger partial charge in [-0.25, -0.2) is 0 Å². The average molecular weight is 381 g/mol. The number of carbonyl (C=O) groups is 2. The number of aryl methyl sites for hydroxylation is 1. The van der Waals surface area contributed by atoms with E-state index in [-0.39, 0.29) is 11.8 Å². The molecule has 3 rings (SSSR count). The Bertz CT molecular complexity index is 858. The molecule has 1 heterocycles. The topological polar surface area (TPSA) is 70.7 Å². The fourth-order valence-corrected chi connectivity index (χ4v) is 3.05. The number of amides is 2. The first kappa shape index (κ1) is 19.9. The van der Waals surface area contributed by atoms with Gasteiger partial charge in [0.15, 0.2) is 0 Å². The number of nitrogens with zero attached hydrogens (tertiary/aromatic N) is 1. The normalized spacial score (nSPS) is 14.5. The highest BCUT2D eigenvalue weighted by atomic mass is 16.5. The largest absolute Gasteiger partial charge is 0.378 e. The molecule has 0 bridgehead atoms. The van der Waals surface area contributed by atoms with Gasteiger partial charge in [-0.05, 0) is 50.6 Å². The van der Waals surface area contributed by atoms with Crippen molar-refractivity contribution in [2.45, 2.75) is 20.8 Å². The standard InChI is InChI=1S/C22H27N3O3/c1-16-7-6-8-17(15-16)23-20(26)22(2,3)21(27)24-18-9-4-5-10-19(18)25-11-13-28-14-12-25/h4-10,15H,11-14H2,1-3H3,(H,23,26)(H,24,27). The molecule has 0 saturated carbocycles. The molecule has 0 atom stereocenters. The molecule has 1 aliphatic rings. The van der Waals surface area contributed by atoms with Crippen molar-refractivity contribution in [1.82, 2.24) is 0 Å². The van der Waals surface area contributed by atoms with Crippen LogP contribution >= 0.6 is 0 Å². The Morgan fingerprint density at radius 1 is 0.964 bits per heavy atom. The van der Waals surface area contributed by atoms with E-state index in [9.17, 15) is 9.59 Å². The predicted octanol–water partition coefficient (Wildman–Crippen LogP) is 3.44. The Balaban J connectivity index is 1.73. The number of anilines is 3. The van der Waals surface area contributed by atoms with Gasteiger partial charge >= 0.3 is 0 Å². The van der Waals surface area contributed by atoms with Gasteiger partial charge < -0.3 is 20.3 Å². The highest BCUT2D eigenvalue weighted by Gasteiger charge is 2.36. The summed E-state index contributed by atoms with van der Waals surface area (Å²) in [5.74, 6) is -0.696. The summed E-state index contributed by atoms with van der Waals surface area (Å²) in [6, 6.07) is 15.2. The third kappa shape index (κ3) is 4.51. The van der Waals surface area contributed by atoms with Crippen LogP contribution in [0.2, 0.25) is 0 Å². The summed E-state index contributed by atoms with van der Waals surface area (Å²) in [5.41, 5.74) is 2.13. The van der Waals surface area contributed by atoms with E-state index in [0.717, 1.165) is 24.3 Å². The Morgan fingerprint density at radius 3 is 2.36 bits per heavy atom. The van der Waals surface area contributed by atoms with Crippen molar-refractivity contribution in [2.75, 3.05) is 41.8 Å². The van der Waals surface area contributed by atoms with Gasteiger partial charge in [-0.1, -0.05) is 24.3 Å². The number of rotatable bonds is 5. The first-order valence-electron chi connectivity index (χ1n) is 9.49. The van der Waals surface area contributed by atoms with E-state index in [2.05, 4.69) is 15.5 Å².